The minimum absolute atomic E-state index is 0.0405. The molecule has 140 valence electrons. The SMILES string of the molecule is CC(Nc1ccccc1)c1cccc2c1OC(N1CCOCC1)=CC2C=O. The molecule has 0 amide bonds. The van der Waals surface area contributed by atoms with Crippen molar-refractivity contribution in [2.75, 3.05) is 31.6 Å². The van der Waals surface area contributed by atoms with Crippen LogP contribution in [-0.2, 0) is 9.53 Å². The molecular weight excluding hydrogens is 340 g/mol. The summed E-state index contributed by atoms with van der Waals surface area (Å²) in [6.45, 7) is 4.99. The number of nitrogens with zero attached hydrogens (tertiary/aromatic N) is 1. The molecule has 5 nitrogen and oxygen atoms in total. The highest BCUT2D eigenvalue weighted by Gasteiger charge is 2.28. The van der Waals surface area contributed by atoms with Crippen LogP contribution in [0.15, 0.2) is 60.5 Å². The minimum atomic E-state index is -0.296. The molecule has 0 bridgehead atoms. The number of carbonyl (C=O) groups is 1. The van der Waals surface area contributed by atoms with Crippen LogP contribution < -0.4 is 10.1 Å². The molecule has 0 radical (unpaired) electrons. The third kappa shape index (κ3) is 3.69. The van der Waals surface area contributed by atoms with Gasteiger partial charge in [-0.25, -0.2) is 0 Å². The Bertz CT molecular complexity index is 829. The summed E-state index contributed by atoms with van der Waals surface area (Å²) >= 11 is 0. The molecule has 1 N–H and O–H groups in total. The summed E-state index contributed by atoms with van der Waals surface area (Å²) in [4.78, 5) is 13.9. The topological polar surface area (TPSA) is 50.8 Å². The van der Waals surface area contributed by atoms with E-state index in [1.807, 2.05) is 48.5 Å². The van der Waals surface area contributed by atoms with E-state index in [9.17, 15) is 4.79 Å². The van der Waals surface area contributed by atoms with Crippen LogP contribution in [0, 0.1) is 0 Å². The number of hydrogen-bond donors (Lipinski definition) is 1. The molecule has 2 atom stereocenters. The largest absolute Gasteiger partial charge is 0.441 e. The Hall–Kier alpha value is -2.79. The number of nitrogens with one attached hydrogen (secondary N) is 1. The molecule has 2 heterocycles. The highest BCUT2D eigenvalue weighted by atomic mass is 16.5. The second-order valence-electron chi connectivity index (χ2n) is 6.87. The van der Waals surface area contributed by atoms with Crippen molar-refractivity contribution in [2.45, 2.75) is 18.9 Å². The Kier molecular flexibility index (Phi) is 5.12. The zero-order valence-corrected chi connectivity index (χ0v) is 15.4. The van der Waals surface area contributed by atoms with Gasteiger partial charge in [-0.05, 0) is 25.1 Å². The number of hydrogen-bond acceptors (Lipinski definition) is 5. The number of carbonyl (C=O) groups excluding carboxylic acids is 1. The second-order valence-corrected chi connectivity index (χ2v) is 6.87. The lowest BCUT2D eigenvalue weighted by molar-refractivity contribution is -0.108. The maximum absolute atomic E-state index is 11.8. The lowest BCUT2D eigenvalue weighted by Crippen LogP contribution is -2.38. The molecule has 4 rings (SSSR count). The van der Waals surface area contributed by atoms with Crippen LogP contribution in [0.2, 0.25) is 0 Å². The number of anilines is 1. The van der Waals surface area contributed by atoms with Crippen LogP contribution in [0.25, 0.3) is 0 Å². The van der Waals surface area contributed by atoms with Gasteiger partial charge in [-0.3, -0.25) is 0 Å². The Morgan fingerprint density at radius 2 is 1.89 bits per heavy atom. The quantitative estimate of drug-likeness (QED) is 0.820. The van der Waals surface area contributed by atoms with E-state index in [0.29, 0.717) is 13.2 Å². The first-order valence-electron chi connectivity index (χ1n) is 9.38. The lowest BCUT2D eigenvalue weighted by Gasteiger charge is -2.34. The highest BCUT2D eigenvalue weighted by Crippen LogP contribution is 2.40. The molecule has 5 heteroatoms. The molecule has 2 aliphatic rings. The van der Waals surface area contributed by atoms with Crippen molar-refractivity contribution in [3.05, 3.63) is 71.6 Å². The molecule has 0 saturated carbocycles. The number of benzene rings is 2. The number of para-hydroxylation sites is 2. The summed E-state index contributed by atoms with van der Waals surface area (Å²) in [5.41, 5.74) is 3.01. The van der Waals surface area contributed by atoms with Gasteiger partial charge in [-0.2, -0.15) is 0 Å². The summed E-state index contributed by atoms with van der Waals surface area (Å²) in [5, 5.41) is 3.51. The van der Waals surface area contributed by atoms with Gasteiger partial charge in [-0.15, -0.1) is 0 Å². The molecule has 2 aromatic carbocycles. The summed E-state index contributed by atoms with van der Waals surface area (Å²) < 4.78 is 11.8. The van der Waals surface area contributed by atoms with Crippen LogP contribution in [0.1, 0.15) is 30.0 Å². The summed E-state index contributed by atoms with van der Waals surface area (Å²) in [7, 11) is 0. The standard InChI is InChI=1S/C22H24N2O3/c1-16(23-18-6-3-2-4-7-18)19-8-5-9-20-17(15-25)14-21(27-22(19)20)24-10-12-26-13-11-24/h2-9,14-17,23H,10-13H2,1H3. The van der Waals surface area contributed by atoms with E-state index in [-0.39, 0.29) is 12.0 Å². The van der Waals surface area contributed by atoms with E-state index in [1.165, 1.54) is 0 Å². The average molecular weight is 364 g/mol. The Morgan fingerprint density at radius 1 is 1.11 bits per heavy atom. The number of morpholine rings is 1. The molecular formula is C22H24N2O3. The number of allylic oxidation sites excluding steroid dienone is 1. The fraction of sp³-hybridized carbons (Fsp3) is 0.318. The van der Waals surface area contributed by atoms with E-state index < -0.39 is 0 Å². The van der Waals surface area contributed by atoms with Crippen LogP contribution in [0.4, 0.5) is 5.69 Å². The van der Waals surface area contributed by atoms with Gasteiger partial charge in [-0.1, -0.05) is 36.4 Å². The van der Waals surface area contributed by atoms with Crippen molar-refractivity contribution in [2.24, 2.45) is 0 Å². The molecule has 27 heavy (non-hydrogen) atoms. The van der Waals surface area contributed by atoms with Crippen molar-refractivity contribution in [3.63, 3.8) is 0 Å². The fourth-order valence-electron chi connectivity index (χ4n) is 3.61. The smallest absolute Gasteiger partial charge is 0.193 e. The van der Waals surface area contributed by atoms with Gasteiger partial charge in [0.25, 0.3) is 0 Å². The predicted octanol–water partition coefficient (Wildman–Crippen LogP) is 3.71. The maximum atomic E-state index is 11.8. The fourth-order valence-corrected chi connectivity index (χ4v) is 3.61. The average Bonchev–Trinajstić information content (AvgIpc) is 2.73. The third-order valence-corrected chi connectivity index (χ3v) is 5.06. The first kappa shape index (κ1) is 17.6. The Labute approximate surface area is 159 Å². The summed E-state index contributed by atoms with van der Waals surface area (Å²) in [6, 6.07) is 16.2. The van der Waals surface area contributed by atoms with Gasteiger partial charge in [0.2, 0.25) is 0 Å². The summed E-state index contributed by atoms with van der Waals surface area (Å²) in [5.74, 6) is 1.24. The maximum Gasteiger partial charge on any atom is 0.193 e. The van der Waals surface area contributed by atoms with Crippen molar-refractivity contribution in [3.8, 4) is 5.75 Å². The number of ether oxygens (including phenoxy) is 2. The van der Waals surface area contributed by atoms with Crippen LogP contribution in [0.5, 0.6) is 5.75 Å². The van der Waals surface area contributed by atoms with Crippen LogP contribution in [0.3, 0.4) is 0 Å². The van der Waals surface area contributed by atoms with E-state index >= 15 is 0 Å². The molecule has 1 fully saturated rings. The summed E-state index contributed by atoms with van der Waals surface area (Å²) in [6.07, 6.45) is 2.90. The van der Waals surface area contributed by atoms with E-state index in [4.69, 9.17) is 9.47 Å². The predicted molar refractivity (Wildman–Crippen MR) is 105 cm³/mol. The van der Waals surface area contributed by atoms with Crippen molar-refractivity contribution >= 4 is 12.0 Å². The van der Waals surface area contributed by atoms with Crippen molar-refractivity contribution in [1.29, 1.82) is 0 Å². The first-order chi connectivity index (χ1) is 13.3. The molecule has 2 unspecified atom stereocenters. The number of aldehydes is 1. The van der Waals surface area contributed by atoms with E-state index in [1.54, 1.807) is 0 Å². The van der Waals surface area contributed by atoms with Gasteiger partial charge >= 0.3 is 0 Å². The Balaban J connectivity index is 1.64. The molecule has 1 saturated heterocycles. The Morgan fingerprint density at radius 3 is 2.63 bits per heavy atom. The second kappa shape index (κ2) is 7.84. The molecule has 0 aromatic heterocycles. The highest BCUT2D eigenvalue weighted by molar-refractivity contribution is 5.70. The third-order valence-electron chi connectivity index (χ3n) is 5.06. The van der Waals surface area contributed by atoms with Gasteiger partial charge in [0.05, 0.1) is 25.2 Å². The zero-order chi connectivity index (χ0) is 18.6. The van der Waals surface area contributed by atoms with Crippen molar-refractivity contribution < 1.29 is 14.3 Å². The van der Waals surface area contributed by atoms with Gasteiger partial charge in [0.15, 0.2) is 5.88 Å². The normalized spacial score (nSPS) is 20.1. The van der Waals surface area contributed by atoms with Crippen LogP contribution >= 0.6 is 0 Å². The number of rotatable bonds is 5. The van der Waals surface area contributed by atoms with Gasteiger partial charge < -0.3 is 24.5 Å². The van der Waals surface area contributed by atoms with Gasteiger partial charge in [0, 0.05) is 29.9 Å². The zero-order valence-electron chi connectivity index (χ0n) is 15.4. The monoisotopic (exact) mass is 364 g/mol. The van der Waals surface area contributed by atoms with Gasteiger partial charge in [0.1, 0.15) is 12.0 Å². The van der Waals surface area contributed by atoms with E-state index in [0.717, 1.165) is 47.8 Å². The molecule has 0 aliphatic carbocycles. The molecule has 2 aliphatic heterocycles. The van der Waals surface area contributed by atoms with E-state index in [2.05, 4.69) is 23.2 Å². The van der Waals surface area contributed by atoms with Crippen LogP contribution in [-0.4, -0.2) is 37.5 Å². The number of fused-ring (bicyclic) bond motifs is 1. The molecule has 0 spiro atoms. The molecule has 2 aromatic rings. The first-order valence-corrected chi connectivity index (χ1v) is 9.38. The minimum Gasteiger partial charge on any atom is -0.441 e. The lowest BCUT2D eigenvalue weighted by atomic mass is 9.93. The van der Waals surface area contributed by atoms with Crippen molar-refractivity contribution in [1.82, 2.24) is 4.90 Å².